The standard InChI is InChI=1S/C14H20ClNO/c1-10(16)11-7-8-14(13(15)9-11)17-12-5-3-2-4-6-12/h7-10,12H,2-6,16H2,1H3/t10-/m0/s1. The summed E-state index contributed by atoms with van der Waals surface area (Å²) in [6.45, 7) is 1.95. The van der Waals surface area contributed by atoms with Gasteiger partial charge in [0.1, 0.15) is 5.75 Å². The minimum atomic E-state index is 0.0104. The molecule has 1 fully saturated rings. The van der Waals surface area contributed by atoms with Crippen molar-refractivity contribution in [3.05, 3.63) is 28.8 Å². The Hall–Kier alpha value is -0.730. The first-order chi connectivity index (χ1) is 8.16. The van der Waals surface area contributed by atoms with Crippen LogP contribution in [0.25, 0.3) is 0 Å². The maximum atomic E-state index is 6.21. The fourth-order valence-electron chi connectivity index (χ4n) is 2.26. The zero-order valence-electron chi connectivity index (χ0n) is 10.3. The molecule has 0 aliphatic heterocycles. The number of hydrogen-bond donors (Lipinski definition) is 1. The fraction of sp³-hybridized carbons (Fsp3) is 0.571. The van der Waals surface area contributed by atoms with Crippen LogP contribution in [0.15, 0.2) is 18.2 Å². The highest BCUT2D eigenvalue weighted by Gasteiger charge is 2.16. The summed E-state index contributed by atoms with van der Waals surface area (Å²) in [7, 11) is 0. The van der Waals surface area contributed by atoms with Crippen molar-refractivity contribution in [3.8, 4) is 5.75 Å². The molecule has 2 nitrogen and oxygen atoms in total. The van der Waals surface area contributed by atoms with E-state index in [1.807, 2.05) is 25.1 Å². The number of benzene rings is 1. The zero-order valence-corrected chi connectivity index (χ0v) is 11.0. The Kier molecular flexibility index (Phi) is 4.30. The summed E-state index contributed by atoms with van der Waals surface area (Å²) in [4.78, 5) is 0. The number of ether oxygens (including phenoxy) is 1. The molecule has 1 saturated carbocycles. The van der Waals surface area contributed by atoms with Gasteiger partial charge in [-0.2, -0.15) is 0 Å². The molecule has 94 valence electrons. The summed E-state index contributed by atoms with van der Waals surface area (Å²) in [6, 6.07) is 5.85. The molecule has 0 aromatic heterocycles. The predicted octanol–water partition coefficient (Wildman–Crippen LogP) is 4.07. The molecular formula is C14H20ClNO. The minimum Gasteiger partial charge on any atom is -0.489 e. The van der Waals surface area contributed by atoms with Crippen LogP contribution < -0.4 is 10.5 Å². The van der Waals surface area contributed by atoms with Gasteiger partial charge < -0.3 is 10.5 Å². The van der Waals surface area contributed by atoms with E-state index in [1.54, 1.807) is 0 Å². The van der Waals surface area contributed by atoms with E-state index in [0.717, 1.165) is 24.2 Å². The van der Waals surface area contributed by atoms with Gasteiger partial charge in [-0.15, -0.1) is 0 Å². The van der Waals surface area contributed by atoms with Crippen LogP contribution in [0.2, 0.25) is 5.02 Å². The molecule has 2 N–H and O–H groups in total. The van der Waals surface area contributed by atoms with Crippen LogP contribution in [-0.2, 0) is 0 Å². The van der Waals surface area contributed by atoms with E-state index in [9.17, 15) is 0 Å². The van der Waals surface area contributed by atoms with E-state index in [0.29, 0.717) is 11.1 Å². The first-order valence-corrected chi connectivity index (χ1v) is 6.76. The second kappa shape index (κ2) is 5.74. The van der Waals surface area contributed by atoms with Gasteiger partial charge >= 0.3 is 0 Å². The van der Waals surface area contributed by atoms with Gasteiger partial charge in [0.25, 0.3) is 0 Å². The number of halogens is 1. The van der Waals surface area contributed by atoms with Gasteiger partial charge in [-0.1, -0.05) is 24.1 Å². The predicted molar refractivity (Wildman–Crippen MR) is 71.6 cm³/mol. The number of nitrogens with two attached hydrogens (primary N) is 1. The SMILES string of the molecule is C[C@H](N)c1ccc(OC2CCCCC2)c(Cl)c1. The van der Waals surface area contributed by atoms with E-state index in [4.69, 9.17) is 22.1 Å². The van der Waals surface area contributed by atoms with Crippen molar-refractivity contribution in [2.75, 3.05) is 0 Å². The van der Waals surface area contributed by atoms with Crippen molar-refractivity contribution >= 4 is 11.6 Å². The monoisotopic (exact) mass is 253 g/mol. The lowest BCUT2D eigenvalue weighted by Gasteiger charge is -2.23. The highest BCUT2D eigenvalue weighted by molar-refractivity contribution is 6.32. The Balaban J connectivity index is 2.05. The molecule has 0 amide bonds. The third-order valence-corrected chi connectivity index (χ3v) is 3.62. The van der Waals surface area contributed by atoms with E-state index in [1.165, 1.54) is 19.3 Å². The summed E-state index contributed by atoms with van der Waals surface area (Å²) >= 11 is 6.21. The van der Waals surface area contributed by atoms with Crippen LogP contribution in [0.5, 0.6) is 5.75 Å². The zero-order chi connectivity index (χ0) is 12.3. The molecule has 0 radical (unpaired) electrons. The summed E-state index contributed by atoms with van der Waals surface area (Å²) in [5.74, 6) is 0.794. The highest BCUT2D eigenvalue weighted by Crippen LogP contribution is 2.30. The maximum absolute atomic E-state index is 6.21. The summed E-state index contributed by atoms with van der Waals surface area (Å²) in [6.07, 6.45) is 6.48. The lowest BCUT2D eigenvalue weighted by Crippen LogP contribution is -2.19. The van der Waals surface area contributed by atoms with Gasteiger partial charge in [0.2, 0.25) is 0 Å². The van der Waals surface area contributed by atoms with Crippen molar-refractivity contribution in [3.63, 3.8) is 0 Å². The third kappa shape index (κ3) is 3.36. The maximum Gasteiger partial charge on any atom is 0.138 e. The summed E-state index contributed by atoms with van der Waals surface area (Å²) in [5.41, 5.74) is 6.86. The van der Waals surface area contributed by atoms with E-state index in [2.05, 4.69) is 0 Å². The molecule has 1 atom stereocenters. The van der Waals surface area contributed by atoms with E-state index in [-0.39, 0.29) is 6.04 Å². The average Bonchev–Trinajstić information content (AvgIpc) is 2.33. The van der Waals surface area contributed by atoms with Gasteiger partial charge in [-0.25, -0.2) is 0 Å². The molecule has 0 unspecified atom stereocenters. The normalized spacial score (nSPS) is 19.0. The van der Waals surface area contributed by atoms with Gasteiger partial charge in [-0.05, 0) is 50.3 Å². The first-order valence-electron chi connectivity index (χ1n) is 6.38. The van der Waals surface area contributed by atoms with Crippen LogP contribution in [0.3, 0.4) is 0 Å². The van der Waals surface area contributed by atoms with Crippen LogP contribution in [0.4, 0.5) is 0 Å². The van der Waals surface area contributed by atoms with Gasteiger partial charge in [0.05, 0.1) is 11.1 Å². The van der Waals surface area contributed by atoms with E-state index >= 15 is 0 Å². The summed E-state index contributed by atoms with van der Waals surface area (Å²) < 4.78 is 5.95. The largest absolute Gasteiger partial charge is 0.489 e. The summed E-state index contributed by atoms with van der Waals surface area (Å²) in [5, 5.41) is 0.672. The van der Waals surface area contributed by atoms with Crippen molar-refractivity contribution in [2.45, 2.75) is 51.2 Å². The van der Waals surface area contributed by atoms with Crippen LogP contribution >= 0.6 is 11.6 Å². The van der Waals surface area contributed by atoms with Gasteiger partial charge in [0, 0.05) is 6.04 Å². The van der Waals surface area contributed by atoms with Crippen LogP contribution in [-0.4, -0.2) is 6.10 Å². The molecule has 1 aromatic rings. The van der Waals surface area contributed by atoms with Crippen molar-refractivity contribution in [1.29, 1.82) is 0 Å². The molecule has 2 rings (SSSR count). The Morgan fingerprint density at radius 2 is 2.00 bits per heavy atom. The van der Waals surface area contributed by atoms with Crippen LogP contribution in [0.1, 0.15) is 50.6 Å². The minimum absolute atomic E-state index is 0.0104. The molecule has 0 bridgehead atoms. The molecular weight excluding hydrogens is 234 g/mol. The fourth-order valence-corrected chi connectivity index (χ4v) is 2.49. The Bertz CT molecular complexity index is 372. The Labute approximate surface area is 108 Å². The second-order valence-corrected chi connectivity index (χ2v) is 5.26. The van der Waals surface area contributed by atoms with E-state index < -0.39 is 0 Å². The average molecular weight is 254 g/mol. The van der Waals surface area contributed by atoms with Crippen molar-refractivity contribution in [2.24, 2.45) is 5.73 Å². The van der Waals surface area contributed by atoms with Crippen molar-refractivity contribution < 1.29 is 4.74 Å². The van der Waals surface area contributed by atoms with Gasteiger partial charge in [0.15, 0.2) is 0 Å². The molecule has 1 aromatic carbocycles. The lowest BCUT2D eigenvalue weighted by atomic mass is 9.98. The Morgan fingerprint density at radius 3 is 2.59 bits per heavy atom. The molecule has 0 saturated heterocycles. The topological polar surface area (TPSA) is 35.2 Å². The molecule has 17 heavy (non-hydrogen) atoms. The quantitative estimate of drug-likeness (QED) is 0.881. The smallest absolute Gasteiger partial charge is 0.138 e. The molecule has 0 spiro atoms. The number of rotatable bonds is 3. The number of hydrogen-bond acceptors (Lipinski definition) is 2. The van der Waals surface area contributed by atoms with Crippen LogP contribution in [0, 0.1) is 0 Å². The third-order valence-electron chi connectivity index (χ3n) is 3.33. The Morgan fingerprint density at radius 1 is 1.29 bits per heavy atom. The molecule has 3 heteroatoms. The molecule has 1 aliphatic rings. The van der Waals surface area contributed by atoms with Crippen molar-refractivity contribution in [1.82, 2.24) is 0 Å². The lowest BCUT2D eigenvalue weighted by molar-refractivity contribution is 0.155. The second-order valence-electron chi connectivity index (χ2n) is 4.86. The highest BCUT2D eigenvalue weighted by atomic mass is 35.5. The molecule has 1 aliphatic carbocycles. The first kappa shape index (κ1) is 12.7. The van der Waals surface area contributed by atoms with Gasteiger partial charge in [-0.3, -0.25) is 0 Å². The molecule has 0 heterocycles.